The van der Waals surface area contributed by atoms with E-state index in [-0.39, 0.29) is 5.69 Å². The van der Waals surface area contributed by atoms with Crippen LogP contribution in [0.25, 0.3) is 0 Å². The molecule has 0 radical (unpaired) electrons. The quantitative estimate of drug-likeness (QED) is 0.500. The summed E-state index contributed by atoms with van der Waals surface area (Å²) < 4.78 is 27.0. The lowest BCUT2D eigenvalue weighted by Crippen LogP contribution is -1.95. The first-order chi connectivity index (χ1) is 8.66. The van der Waals surface area contributed by atoms with Gasteiger partial charge in [0, 0.05) is 15.2 Å². The summed E-state index contributed by atoms with van der Waals surface area (Å²) in [6.45, 7) is 0. The van der Waals surface area contributed by atoms with E-state index in [2.05, 4.69) is 33.1 Å². The lowest BCUT2D eigenvalue weighted by Gasteiger charge is -2.02. The van der Waals surface area contributed by atoms with Gasteiger partial charge in [-0.15, -0.1) is 0 Å². The smallest absolute Gasteiger partial charge is 0.151 e. The van der Waals surface area contributed by atoms with E-state index >= 15 is 0 Å². The van der Waals surface area contributed by atoms with Gasteiger partial charge in [0.05, 0.1) is 11.9 Å². The van der Waals surface area contributed by atoms with Crippen LogP contribution in [0.3, 0.4) is 0 Å². The van der Waals surface area contributed by atoms with Gasteiger partial charge in [0.1, 0.15) is 5.82 Å². The van der Waals surface area contributed by atoms with Crippen molar-refractivity contribution in [1.29, 1.82) is 0 Å². The van der Waals surface area contributed by atoms with Crippen molar-refractivity contribution in [2.24, 2.45) is 5.10 Å². The molecular weight excluding hydrogens is 349 g/mol. The van der Waals surface area contributed by atoms with E-state index in [0.717, 1.165) is 15.2 Å². The van der Waals surface area contributed by atoms with Gasteiger partial charge in [-0.05, 0) is 40.8 Å². The summed E-state index contributed by atoms with van der Waals surface area (Å²) in [5.74, 6) is -1.28. The molecule has 2 rings (SSSR count). The van der Waals surface area contributed by atoms with E-state index in [9.17, 15) is 8.78 Å². The highest BCUT2D eigenvalue weighted by Gasteiger charge is 2.01. The lowest BCUT2D eigenvalue weighted by atomic mass is 10.2. The molecule has 0 amide bonds. The fourth-order valence-corrected chi connectivity index (χ4v) is 1.86. The Morgan fingerprint density at radius 2 is 1.89 bits per heavy atom. The Balaban J connectivity index is 2.10. The molecule has 0 spiro atoms. The Bertz CT molecular complexity index is 585. The molecule has 0 heterocycles. The van der Waals surface area contributed by atoms with Crippen LogP contribution in [0.2, 0.25) is 0 Å². The molecule has 0 saturated carbocycles. The highest BCUT2D eigenvalue weighted by atomic mass is 127. The Kier molecular flexibility index (Phi) is 4.24. The Morgan fingerprint density at radius 3 is 2.61 bits per heavy atom. The van der Waals surface area contributed by atoms with E-state index in [1.165, 1.54) is 12.1 Å². The van der Waals surface area contributed by atoms with E-state index in [1.54, 1.807) is 6.21 Å². The predicted molar refractivity (Wildman–Crippen MR) is 76.7 cm³/mol. The molecule has 2 nitrogen and oxygen atoms in total. The van der Waals surface area contributed by atoms with Crippen LogP contribution >= 0.6 is 22.6 Å². The van der Waals surface area contributed by atoms with Crippen molar-refractivity contribution in [3.8, 4) is 0 Å². The van der Waals surface area contributed by atoms with E-state index in [1.807, 2.05) is 24.3 Å². The number of nitrogens with zero attached hydrogens (tertiary/aromatic N) is 1. The van der Waals surface area contributed by atoms with Crippen molar-refractivity contribution in [2.75, 3.05) is 5.43 Å². The first-order valence-electron chi connectivity index (χ1n) is 5.15. The fraction of sp³-hybridized carbons (Fsp3) is 0. The second-order valence-electron chi connectivity index (χ2n) is 3.52. The van der Waals surface area contributed by atoms with Crippen LogP contribution in [0.15, 0.2) is 47.6 Å². The standard InChI is InChI=1S/C13H9F2IN2/c14-10-5-6-13(11(15)7-10)18-17-8-9-3-1-2-4-12(9)16/h1-8,18H/b17-8-. The molecule has 0 aliphatic heterocycles. The second-order valence-corrected chi connectivity index (χ2v) is 4.68. The molecule has 18 heavy (non-hydrogen) atoms. The van der Waals surface area contributed by atoms with Crippen LogP contribution in [-0.4, -0.2) is 6.21 Å². The number of halogens is 3. The van der Waals surface area contributed by atoms with Gasteiger partial charge >= 0.3 is 0 Å². The number of hydrogen-bond donors (Lipinski definition) is 1. The van der Waals surface area contributed by atoms with Crippen LogP contribution in [0, 0.1) is 15.2 Å². The molecule has 0 aliphatic carbocycles. The van der Waals surface area contributed by atoms with Gasteiger partial charge < -0.3 is 0 Å². The number of nitrogens with one attached hydrogen (secondary N) is 1. The maximum atomic E-state index is 13.3. The molecule has 92 valence electrons. The molecule has 0 aromatic heterocycles. The third-order valence-corrected chi connectivity index (χ3v) is 3.21. The zero-order valence-electron chi connectivity index (χ0n) is 9.20. The second kappa shape index (κ2) is 5.90. The Morgan fingerprint density at radius 1 is 1.11 bits per heavy atom. The van der Waals surface area contributed by atoms with Gasteiger partial charge in [-0.1, -0.05) is 18.2 Å². The molecule has 5 heteroatoms. The molecule has 2 aromatic rings. The summed E-state index contributed by atoms with van der Waals surface area (Å²) >= 11 is 2.18. The third-order valence-electron chi connectivity index (χ3n) is 2.22. The number of benzene rings is 2. The first-order valence-corrected chi connectivity index (χ1v) is 6.23. The van der Waals surface area contributed by atoms with Crippen LogP contribution < -0.4 is 5.43 Å². The first kappa shape index (κ1) is 12.9. The summed E-state index contributed by atoms with van der Waals surface area (Å²) in [5, 5.41) is 3.92. The minimum absolute atomic E-state index is 0.138. The van der Waals surface area contributed by atoms with Crippen molar-refractivity contribution in [3.05, 3.63) is 63.2 Å². The van der Waals surface area contributed by atoms with Crippen LogP contribution in [-0.2, 0) is 0 Å². The van der Waals surface area contributed by atoms with Crippen molar-refractivity contribution < 1.29 is 8.78 Å². The summed E-state index contributed by atoms with van der Waals surface area (Å²) in [4.78, 5) is 0. The van der Waals surface area contributed by atoms with Crippen LogP contribution in [0.5, 0.6) is 0 Å². The van der Waals surface area contributed by atoms with Gasteiger partial charge in [-0.25, -0.2) is 8.78 Å². The van der Waals surface area contributed by atoms with Crippen molar-refractivity contribution in [2.45, 2.75) is 0 Å². The number of anilines is 1. The largest absolute Gasteiger partial charge is 0.276 e. The molecule has 0 aliphatic rings. The van der Waals surface area contributed by atoms with Crippen molar-refractivity contribution in [3.63, 3.8) is 0 Å². The summed E-state index contributed by atoms with van der Waals surface area (Å²) in [5.41, 5.74) is 3.60. The molecule has 1 N–H and O–H groups in total. The topological polar surface area (TPSA) is 24.4 Å². The average molecular weight is 358 g/mol. The normalized spacial score (nSPS) is 10.8. The third kappa shape index (κ3) is 3.25. The van der Waals surface area contributed by atoms with Crippen molar-refractivity contribution >= 4 is 34.5 Å². The highest BCUT2D eigenvalue weighted by molar-refractivity contribution is 14.1. The Hall–Kier alpha value is -1.50. The zero-order chi connectivity index (χ0) is 13.0. The van der Waals surface area contributed by atoms with Gasteiger partial charge in [0.25, 0.3) is 0 Å². The van der Waals surface area contributed by atoms with E-state index in [0.29, 0.717) is 0 Å². The molecule has 0 atom stereocenters. The summed E-state index contributed by atoms with van der Waals surface area (Å²) in [6.07, 6.45) is 1.59. The summed E-state index contributed by atoms with van der Waals surface area (Å²) in [7, 11) is 0. The van der Waals surface area contributed by atoms with E-state index in [4.69, 9.17) is 0 Å². The zero-order valence-corrected chi connectivity index (χ0v) is 11.4. The predicted octanol–water partition coefficient (Wildman–Crippen LogP) is 4.02. The van der Waals surface area contributed by atoms with E-state index < -0.39 is 11.6 Å². The fourth-order valence-electron chi connectivity index (χ4n) is 1.33. The average Bonchev–Trinajstić information content (AvgIpc) is 2.34. The van der Waals surface area contributed by atoms with Gasteiger partial charge in [-0.3, -0.25) is 5.43 Å². The van der Waals surface area contributed by atoms with Crippen molar-refractivity contribution in [1.82, 2.24) is 0 Å². The van der Waals surface area contributed by atoms with Gasteiger partial charge in [0.15, 0.2) is 5.82 Å². The van der Waals surface area contributed by atoms with Gasteiger partial charge in [-0.2, -0.15) is 5.10 Å². The minimum atomic E-state index is -0.671. The lowest BCUT2D eigenvalue weighted by molar-refractivity contribution is 0.585. The van der Waals surface area contributed by atoms with Crippen LogP contribution in [0.4, 0.5) is 14.5 Å². The van der Waals surface area contributed by atoms with Crippen LogP contribution in [0.1, 0.15) is 5.56 Å². The maximum absolute atomic E-state index is 13.3. The minimum Gasteiger partial charge on any atom is -0.276 e. The number of rotatable bonds is 3. The van der Waals surface area contributed by atoms with Gasteiger partial charge in [0.2, 0.25) is 0 Å². The SMILES string of the molecule is Fc1ccc(N/N=C\c2ccccc2I)c(F)c1. The maximum Gasteiger partial charge on any atom is 0.151 e. The molecule has 0 saturated heterocycles. The molecule has 0 unspecified atom stereocenters. The highest BCUT2D eigenvalue weighted by Crippen LogP contribution is 2.15. The number of hydrogen-bond acceptors (Lipinski definition) is 2. The number of hydrazone groups is 1. The molecule has 2 aromatic carbocycles. The Labute approximate surface area is 117 Å². The molecular formula is C13H9F2IN2. The summed E-state index contributed by atoms with van der Waals surface area (Å²) in [6, 6.07) is 10.9. The monoisotopic (exact) mass is 358 g/mol. The molecule has 0 fully saturated rings. The molecule has 0 bridgehead atoms.